The summed E-state index contributed by atoms with van der Waals surface area (Å²) >= 11 is 8.96. The molecule has 114 valence electrons. The van der Waals surface area contributed by atoms with Crippen molar-refractivity contribution in [3.8, 4) is 0 Å². The molecule has 0 radical (unpaired) electrons. The molecule has 1 unspecified atom stereocenters. The second-order valence-corrected chi connectivity index (χ2v) is 5.89. The van der Waals surface area contributed by atoms with E-state index in [-0.39, 0.29) is 11.7 Å². The molecule has 0 bridgehead atoms. The monoisotopic (exact) mass is 375 g/mol. The maximum Gasteiger partial charge on any atom is 0.242 e. The summed E-state index contributed by atoms with van der Waals surface area (Å²) in [5, 5.41) is 2.77. The summed E-state index contributed by atoms with van der Waals surface area (Å²) < 4.78 is 15.9. The number of carbonyl (C=O) groups is 1. The van der Waals surface area contributed by atoms with Gasteiger partial charge in [0.1, 0.15) is 17.7 Å². The topological polar surface area (TPSA) is 46.9 Å². The van der Waals surface area contributed by atoms with Gasteiger partial charge in [0.2, 0.25) is 5.91 Å². The molecule has 1 aromatic carbocycles. The Balaban J connectivity index is 2.60. The molecule has 1 amide bonds. The van der Waals surface area contributed by atoms with Crippen LogP contribution in [0.2, 0.25) is 0 Å². The van der Waals surface area contributed by atoms with Crippen molar-refractivity contribution in [1.82, 2.24) is 14.9 Å². The molecule has 0 aliphatic carbocycles. The SMILES string of the molecule is CCNC(=O)C(C)n1c(CCCl)nc2cc(Br)c(F)cc21. The highest BCUT2D eigenvalue weighted by Gasteiger charge is 2.21. The molecule has 0 saturated carbocycles. The Labute approximate surface area is 135 Å². The van der Waals surface area contributed by atoms with E-state index in [0.29, 0.717) is 40.2 Å². The highest BCUT2D eigenvalue weighted by molar-refractivity contribution is 9.10. The van der Waals surface area contributed by atoms with E-state index in [1.807, 2.05) is 6.92 Å². The van der Waals surface area contributed by atoms with Gasteiger partial charge in [-0.3, -0.25) is 4.79 Å². The Morgan fingerprint density at radius 1 is 1.57 bits per heavy atom. The minimum absolute atomic E-state index is 0.129. The number of hydrogen-bond acceptors (Lipinski definition) is 2. The largest absolute Gasteiger partial charge is 0.355 e. The van der Waals surface area contributed by atoms with E-state index >= 15 is 0 Å². The Bertz CT molecular complexity index is 674. The van der Waals surface area contributed by atoms with Gasteiger partial charge in [-0.15, -0.1) is 11.6 Å². The van der Waals surface area contributed by atoms with Gasteiger partial charge in [-0.05, 0) is 35.8 Å². The average Bonchev–Trinajstić information content (AvgIpc) is 2.76. The lowest BCUT2D eigenvalue weighted by molar-refractivity contribution is -0.123. The van der Waals surface area contributed by atoms with E-state index in [0.717, 1.165) is 0 Å². The lowest BCUT2D eigenvalue weighted by Crippen LogP contribution is -2.31. The van der Waals surface area contributed by atoms with E-state index in [4.69, 9.17) is 11.6 Å². The van der Waals surface area contributed by atoms with Crippen molar-refractivity contribution in [3.63, 3.8) is 0 Å². The molecular formula is C14H16BrClFN3O. The number of fused-ring (bicyclic) bond motifs is 1. The Kier molecular flexibility index (Phi) is 5.22. The number of nitrogens with one attached hydrogen (secondary N) is 1. The van der Waals surface area contributed by atoms with Crippen LogP contribution in [0.1, 0.15) is 25.7 Å². The molecule has 7 heteroatoms. The zero-order valence-corrected chi connectivity index (χ0v) is 14.1. The van der Waals surface area contributed by atoms with E-state index in [1.165, 1.54) is 6.07 Å². The average molecular weight is 377 g/mol. The van der Waals surface area contributed by atoms with Crippen LogP contribution < -0.4 is 5.32 Å². The molecule has 0 saturated heterocycles. The van der Waals surface area contributed by atoms with Crippen LogP contribution in [-0.4, -0.2) is 27.9 Å². The fourth-order valence-corrected chi connectivity index (χ4v) is 2.77. The molecule has 0 aliphatic heterocycles. The number of carbonyl (C=O) groups excluding carboxylic acids is 1. The minimum atomic E-state index is -0.478. The number of hydrogen-bond donors (Lipinski definition) is 1. The number of nitrogens with zero attached hydrogens (tertiary/aromatic N) is 2. The number of aromatic nitrogens is 2. The van der Waals surface area contributed by atoms with Gasteiger partial charge in [0.15, 0.2) is 0 Å². The quantitative estimate of drug-likeness (QED) is 0.813. The number of rotatable bonds is 5. The standard InChI is InChI=1S/C14H16BrClFN3O/c1-3-18-14(21)8(2)20-12-7-10(17)9(15)6-11(12)19-13(20)4-5-16/h6-8H,3-5H2,1-2H3,(H,18,21). The lowest BCUT2D eigenvalue weighted by Gasteiger charge is -2.16. The summed E-state index contributed by atoms with van der Waals surface area (Å²) in [6.45, 7) is 4.16. The normalized spacial score (nSPS) is 12.6. The molecule has 1 aromatic heterocycles. The number of imidazole rings is 1. The molecule has 2 aromatic rings. The van der Waals surface area contributed by atoms with Crippen LogP contribution in [0.25, 0.3) is 11.0 Å². The summed E-state index contributed by atoms with van der Waals surface area (Å²) in [6.07, 6.45) is 0.513. The third-order valence-electron chi connectivity index (χ3n) is 3.24. The van der Waals surface area contributed by atoms with Crippen molar-refractivity contribution in [2.45, 2.75) is 26.3 Å². The van der Waals surface area contributed by atoms with Crippen molar-refractivity contribution in [2.24, 2.45) is 0 Å². The number of aryl methyl sites for hydroxylation is 1. The molecule has 4 nitrogen and oxygen atoms in total. The van der Waals surface area contributed by atoms with Gasteiger partial charge in [-0.1, -0.05) is 0 Å². The van der Waals surface area contributed by atoms with E-state index in [9.17, 15) is 9.18 Å². The van der Waals surface area contributed by atoms with Gasteiger partial charge >= 0.3 is 0 Å². The van der Waals surface area contributed by atoms with Gasteiger partial charge < -0.3 is 9.88 Å². The van der Waals surface area contributed by atoms with Crippen molar-refractivity contribution >= 4 is 44.5 Å². The Hall–Kier alpha value is -1.14. The predicted octanol–water partition coefficient (Wildman–Crippen LogP) is 3.42. The maximum atomic E-state index is 13.8. The summed E-state index contributed by atoms with van der Waals surface area (Å²) in [7, 11) is 0. The van der Waals surface area contributed by atoms with Crippen LogP contribution in [-0.2, 0) is 11.2 Å². The van der Waals surface area contributed by atoms with Crippen molar-refractivity contribution < 1.29 is 9.18 Å². The number of benzene rings is 1. The summed E-state index contributed by atoms with van der Waals surface area (Å²) in [5.41, 5.74) is 1.23. The first-order valence-electron chi connectivity index (χ1n) is 6.69. The number of amides is 1. The first kappa shape index (κ1) is 16.2. The summed E-state index contributed by atoms with van der Waals surface area (Å²) in [6, 6.07) is 2.53. The highest BCUT2D eigenvalue weighted by Crippen LogP contribution is 2.27. The number of halogens is 3. The summed E-state index contributed by atoms with van der Waals surface area (Å²) in [4.78, 5) is 16.6. The van der Waals surface area contributed by atoms with Crippen LogP contribution >= 0.6 is 27.5 Å². The first-order valence-corrected chi connectivity index (χ1v) is 8.01. The fraction of sp³-hybridized carbons (Fsp3) is 0.429. The lowest BCUT2D eigenvalue weighted by atomic mass is 10.2. The zero-order valence-electron chi connectivity index (χ0n) is 11.8. The Morgan fingerprint density at radius 3 is 2.90 bits per heavy atom. The number of alkyl halides is 1. The Morgan fingerprint density at radius 2 is 2.29 bits per heavy atom. The van der Waals surface area contributed by atoms with Crippen LogP contribution in [0.4, 0.5) is 4.39 Å². The fourth-order valence-electron chi connectivity index (χ4n) is 2.27. The summed E-state index contributed by atoms with van der Waals surface area (Å²) in [5.74, 6) is 0.547. The van der Waals surface area contributed by atoms with E-state index in [1.54, 1.807) is 17.6 Å². The van der Waals surface area contributed by atoms with Crippen LogP contribution in [0.15, 0.2) is 16.6 Å². The molecular weight excluding hydrogens is 361 g/mol. The van der Waals surface area contributed by atoms with Crippen molar-refractivity contribution in [2.75, 3.05) is 12.4 Å². The third-order valence-corrected chi connectivity index (χ3v) is 4.04. The van der Waals surface area contributed by atoms with Crippen LogP contribution in [0.3, 0.4) is 0 Å². The first-order chi connectivity index (χ1) is 9.99. The molecule has 2 rings (SSSR count). The molecule has 1 atom stereocenters. The van der Waals surface area contributed by atoms with Gasteiger partial charge in [0.05, 0.1) is 15.5 Å². The van der Waals surface area contributed by atoms with Gasteiger partial charge in [-0.25, -0.2) is 9.37 Å². The van der Waals surface area contributed by atoms with E-state index < -0.39 is 6.04 Å². The molecule has 21 heavy (non-hydrogen) atoms. The second-order valence-electron chi connectivity index (χ2n) is 4.66. The molecule has 0 aliphatic rings. The van der Waals surface area contributed by atoms with E-state index in [2.05, 4.69) is 26.2 Å². The maximum absolute atomic E-state index is 13.8. The van der Waals surface area contributed by atoms with Gasteiger partial charge in [0, 0.05) is 24.9 Å². The minimum Gasteiger partial charge on any atom is -0.355 e. The third kappa shape index (κ3) is 3.21. The highest BCUT2D eigenvalue weighted by atomic mass is 79.9. The molecule has 0 spiro atoms. The molecule has 0 fully saturated rings. The zero-order chi connectivity index (χ0) is 15.6. The van der Waals surface area contributed by atoms with Crippen molar-refractivity contribution in [3.05, 3.63) is 28.2 Å². The van der Waals surface area contributed by atoms with Gasteiger partial charge in [0.25, 0.3) is 0 Å². The van der Waals surface area contributed by atoms with Crippen LogP contribution in [0, 0.1) is 5.82 Å². The smallest absolute Gasteiger partial charge is 0.242 e. The predicted molar refractivity (Wildman–Crippen MR) is 85.2 cm³/mol. The van der Waals surface area contributed by atoms with Gasteiger partial charge in [-0.2, -0.15) is 0 Å². The second kappa shape index (κ2) is 6.75. The molecule has 1 N–H and O–H groups in total. The number of likely N-dealkylation sites (N-methyl/N-ethyl adjacent to an activating group) is 1. The van der Waals surface area contributed by atoms with Crippen molar-refractivity contribution in [1.29, 1.82) is 0 Å². The molecule has 1 heterocycles. The van der Waals surface area contributed by atoms with Crippen LogP contribution in [0.5, 0.6) is 0 Å².